The SMILES string of the molecule is CC(O)c1nccn1CC=Cc1ccc(-c2ccc(OCC3(N)CC3)cc2)cc1. The molecule has 0 spiro atoms. The Kier molecular flexibility index (Phi) is 5.51. The molecule has 0 amide bonds. The van der Waals surface area contributed by atoms with Crippen LogP contribution in [-0.4, -0.2) is 26.8 Å². The van der Waals surface area contributed by atoms with Gasteiger partial charge in [-0.25, -0.2) is 4.98 Å². The Morgan fingerprint density at radius 3 is 2.41 bits per heavy atom. The average Bonchev–Trinajstić information content (AvgIpc) is 3.28. The van der Waals surface area contributed by atoms with Gasteiger partial charge in [0, 0.05) is 18.9 Å². The van der Waals surface area contributed by atoms with Crippen molar-refractivity contribution in [1.82, 2.24) is 9.55 Å². The summed E-state index contributed by atoms with van der Waals surface area (Å²) in [6.07, 6.45) is 9.26. The molecule has 5 nitrogen and oxygen atoms in total. The van der Waals surface area contributed by atoms with Gasteiger partial charge in [-0.1, -0.05) is 48.6 Å². The summed E-state index contributed by atoms with van der Waals surface area (Å²) in [5.41, 5.74) is 9.41. The van der Waals surface area contributed by atoms with Crippen LogP contribution in [0.3, 0.4) is 0 Å². The molecule has 1 aromatic heterocycles. The third kappa shape index (κ3) is 4.94. The highest BCUT2D eigenvalue weighted by atomic mass is 16.5. The fourth-order valence-electron chi connectivity index (χ4n) is 3.21. The molecule has 29 heavy (non-hydrogen) atoms. The van der Waals surface area contributed by atoms with Crippen molar-refractivity contribution in [1.29, 1.82) is 0 Å². The minimum atomic E-state index is -0.570. The van der Waals surface area contributed by atoms with Crippen LogP contribution in [0.25, 0.3) is 17.2 Å². The summed E-state index contributed by atoms with van der Waals surface area (Å²) in [5, 5.41) is 9.71. The average molecular weight is 389 g/mol. The highest BCUT2D eigenvalue weighted by Gasteiger charge is 2.39. The van der Waals surface area contributed by atoms with Crippen LogP contribution in [0.2, 0.25) is 0 Å². The topological polar surface area (TPSA) is 73.3 Å². The second-order valence-electron chi connectivity index (χ2n) is 7.81. The van der Waals surface area contributed by atoms with Crippen molar-refractivity contribution in [2.24, 2.45) is 5.73 Å². The van der Waals surface area contributed by atoms with Crippen molar-refractivity contribution < 1.29 is 9.84 Å². The van der Waals surface area contributed by atoms with E-state index in [9.17, 15) is 5.11 Å². The fraction of sp³-hybridized carbons (Fsp3) is 0.292. The normalized spacial score (nSPS) is 16.1. The molecule has 1 atom stereocenters. The molecule has 0 aliphatic heterocycles. The van der Waals surface area contributed by atoms with E-state index < -0.39 is 6.10 Å². The third-order valence-electron chi connectivity index (χ3n) is 5.25. The Labute approximate surface area is 171 Å². The fourth-order valence-corrected chi connectivity index (χ4v) is 3.21. The lowest BCUT2D eigenvalue weighted by Gasteiger charge is -2.11. The van der Waals surface area contributed by atoms with Crippen molar-refractivity contribution in [3.05, 3.63) is 78.4 Å². The molecule has 1 aliphatic carbocycles. The molecular formula is C24H27N3O2. The smallest absolute Gasteiger partial charge is 0.137 e. The van der Waals surface area contributed by atoms with E-state index in [1.54, 1.807) is 13.1 Å². The van der Waals surface area contributed by atoms with Crippen LogP contribution in [0.4, 0.5) is 0 Å². The van der Waals surface area contributed by atoms with Crippen LogP contribution in [0.15, 0.2) is 67.0 Å². The van der Waals surface area contributed by atoms with E-state index in [1.165, 1.54) is 0 Å². The molecule has 150 valence electrons. The van der Waals surface area contributed by atoms with Crippen LogP contribution >= 0.6 is 0 Å². The van der Waals surface area contributed by atoms with E-state index in [0.717, 1.165) is 35.3 Å². The number of aromatic nitrogens is 2. The van der Waals surface area contributed by atoms with E-state index in [1.807, 2.05) is 22.9 Å². The number of aliphatic hydroxyl groups is 1. The monoisotopic (exact) mass is 389 g/mol. The molecular weight excluding hydrogens is 362 g/mol. The molecule has 1 heterocycles. The number of aliphatic hydroxyl groups excluding tert-OH is 1. The van der Waals surface area contributed by atoms with Gasteiger partial charge in [-0.2, -0.15) is 0 Å². The first kappa shape index (κ1) is 19.4. The van der Waals surface area contributed by atoms with Crippen molar-refractivity contribution in [2.45, 2.75) is 38.0 Å². The lowest BCUT2D eigenvalue weighted by atomic mass is 10.0. The molecule has 0 radical (unpaired) electrons. The number of hydrogen-bond donors (Lipinski definition) is 2. The largest absolute Gasteiger partial charge is 0.492 e. The Balaban J connectivity index is 1.35. The molecule has 4 rings (SSSR count). The highest BCUT2D eigenvalue weighted by molar-refractivity contribution is 5.66. The molecule has 5 heteroatoms. The molecule has 3 N–H and O–H groups in total. The van der Waals surface area contributed by atoms with Gasteiger partial charge in [0.05, 0.1) is 5.54 Å². The number of allylic oxidation sites excluding steroid dienone is 1. The van der Waals surface area contributed by atoms with Crippen molar-refractivity contribution in [2.75, 3.05) is 6.61 Å². The first-order chi connectivity index (χ1) is 14.0. The number of imidazole rings is 1. The first-order valence-corrected chi connectivity index (χ1v) is 10.0. The summed E-state index contributed by atoms with van der Waals surface area (Å²) < 4.78 is 7.72. The Morgan fingerprint density at radius 1 is 1.14 bits per heavy atom. The van der Waals surface area contributed by atoms with Crippen molar-refractivity contribution >= 4 is 6.08 Å². The molecule has 0 bridgehead atoms. The molecule has 3 aromatic rings. The van der Waals surface area contributed by atoms with Gasteiger partial charge in [-0.15, -0.1) is 0 Å². The lowest BCUT2D eigenvalue weighted by Crippen LogP contribution is -2.29. The van der Waals surface area contributed by atoms with Gasteiger partial charge in [0.15, 0.2) is 0 Å². The van der Waals surface area contributed by atoms with Crippen molar-refractivity contribution in [3.63, 3.8) is 0 Å². The van der Waals surface area contributed by atoms with E-state index in [0.29, 0.717) is 19.0 Å². The second-order valence-corrected chi connectivity index (χ2v) is 7.81. The number of nitrogens with zero attached hydrogens (tertiary/aromatic N) is 2. The summed E-state index contributed by atoms with van der Waals surface area (Å²) in [7, 11) is 0. The van der Waals surface area contributed by atoms with Crippen molar-refractivity contribution in [3.8, 4) is 16.9 Å². The lowest BCUT2D eigenvalue weighted by molar-refractivity contribution is 0.184. The summed E-state index contributed by atoms with van der Waals surface area (Å²) >= 11 is 0. The van der Waals surface area contributed by atoms with Gasteiger partial charge >= 0.3 is 0 Å². The maximum absolute atomic E-state index is 9.71. The zero-order valence-corrected chi connectivity index (χ0v) is 16.7. The predicted molar refractivity (Wildman–Crippen MR) is 115 cm³/mol. The Hall–Kier alpha value is -2.89. The van der Waals surface area contributed by atoms with Crippen LogP contribution in [0.5, 0.6) is 5.75 Å². The van der Waals surface area contributed by atoms with Crippen LogP contribution in [0.1, 0.15) is 37.3 Å². The summed E-state index contributed by atoms with van der Waals surface area (Å²) in [6.45, 7) is 2.99. The number of nitrogens with two attached hydrogens (primary N) is 1. The number of ether oxygens (including phenoxy) is 1. The summed E-state index contributed by atoms with van der Waals surface area (Å²) in [4.78, 5) is 4.18. The van der Waals surface area contributed by atoms with E-state index in [-0.39, 0.29) is 5.54 Å². The molecule has 1 fully saturated rings. The van der Waals surface area contributed by atoms with Crippen LogP contribution in [0, 0.1) is 0 Å². The minimum Gasteiger partial charge on any atom is -0.492 e. The van der Waals surface area contributed by atoms with Gasteiger partial charge in [0.25, 0.3) is 0 Å². The van der Waals surface area contributed by atoms with E-state index >= 15 is 0 Å². The molecule has 0 saturated heterocycles. The van der Waals surface area contributed by atoms with Gasteiger partial charge in [-0.3, -0.25) is 0 Å². The summed E-state index contributed by atoms with van der Waals surface area (Å²) in [6, 6.07) is 16.6. The maximum atomic E-state index is 9.71. The van der Waals surface area contributed by atoms with E-state index in [4.69, 9.17) is 10.5 Å². The quantitative estimate of drug-likeness (QED) is 0.606. The molecule has 1 saturated carbocycles. The third-order valence-corrected chi connectivity index (χ3v) is 5.25. The number of benzene rings is 2. The Morgan fingerprint density at radius 2 is 1.79 bits per heavy atom. The Bertz CT molecular complexity index is 968. The summed E-state index contributed by atoms with van der Waals surface area (Å²) in [5.74, 6) is 1.54. The van der Waals surface area contributed by atoms with Gasteiger partial charge < -0.3 is 20.1 Å². The standard InChI is InChI=1S/C24H27N3O2/c1-18(28)23-26-14-16-27(23)15-2-3-19-4-6-20(7-5-19)21-8-10-22(11-9-21)29-17-24(25)12-13-24/h2-11,14,16,18,28H,12-13,15,17,25H2,1H3. The zero-order valence-electron chi connectivity index (χ0n) is 16.7. The number of rotatable bonds is 8. The first-order valence-electron chi connectivity index (χ1n) is 10.0. The predicted octanol–water partition coefficient (Wildman–Crippen LogP) is 4.19. The van der Waals surface area contributed by atoms with Crippen LogP contribution < -0.4 is 10.5 Å². The molecule has 1 unspecified atom stereocenters. The van der Waals surface area contributed by atoms with E-state index in [2.05, 4.69) is 53.5 Å². The number of hydrogen-bond acceptors (Lipinski definition) is 4. The molecule has 2 aromatic carbocycles. The minimum absolute atomic E-state index is 0.0994. The maximum Gasteiger partial charge on any atom is 0.137 e. The van der Waals surface area contributed by atoms with Gasteiger partial charge in [-0.05, 0) is 48.6 Å². The second kappa shape index (κ2) is 8.23. The van der Waals surface area contributed by atoms with Gasteiger partial charge in [0.2, 0.25) is 0 Å². The zero-order chi connectivity index (χ0) is 20.3. The highest BCUT2D eigenvalue weighted by Crippen LogP contribution is 2.33. The van der Waals surface area contributed by atoms with Gasteiger partial charge in [0.1, 0.15) is 24.3 Å². The molecule has 1 aliphatic rings. The van der Waals surface area contributed by atoms with Crippen LogP contribution in [-0.2, 0) is 6.54 Å².